The minimum atomic E-state index is 0.866. The second kappa shape index (κ2) is 5.26. The molecule has 96 valence electrons. The molecule has 0 N–H and O–H groups in total. The van der Waals surface area contributed by atoms with E-state index in [1.165, 1.54) is 37.9 Å². The molecule has 0 amide bonds. The standard InChI is InChI=1S/C13H18N4S/c1-17-12-11(7-16-17)13(15-9-14-12)18-8-10-5-3-2-4-6-10/h7,9-10H,2-6,8H2,1H3. The summed E-state index contributed by atoms with van der Waals surface area (Å²) in [5.41, 5.74) is 0.927. The van der Waals surface area contributed by atoms with Gasteiger partial charge in [0.15, 0.2) is 5.65 Å². The second-order valence-corrected chi connectivity index (χ2v) is 6.01. The normalized spacial score (nSPS) is 17.4. The Morgan fingerprint density at radius 2 is 2.11 bits per heavy atom. The molecule has 0 saturated heterocycles. The maximum Gasteiger partial charge on any atom is 0.162 e. The van der Waals surface area contributed by atoms with E-state index >= 15 is 0 Å². The van der Waals surface area contributed by atoms with Crippen molar-refractivity contribution in [1.29, 1.82) is 0 Å². The zero-order valence-electron chi connectivity index (χ0n) is 10.7. The third kappa shape index (κ3) is 2.36. The van der Waals surface area contributed by atoms with Gasteiger partial charge in [0.25, 0.3) is 0 Å². The van der Waals surface area contributed by atoms with E-state index in [9.17, 15) is 0 Å². The number of hydrogen-bond acceptors (Lipinski definition) is 4. The topological polar surface area (TPSA) is 43.6 Å². The Bertz CT molecular complexity index is 531. The molecular formula is C13H18N4S. The first-order valence-electron chi connectivity index (χ1n) is 6.60. The van der Waals surface area contributed by atoms with Crippen LogP contribution in [0.25, 0.3) is 11.0 Å². The largest absolute Gasteiger partial charge is 0.250 e. The number of rotatable bonds is 3. The SMILES string of the molecule is Cn1ncc2c(SCC3CCCCC3)ncnc21. The van der Waals surface area contributed by atoms with Gasteiger partial charge in [0, 0.05) is 12.8 Å². The van der Waals surface area contributed by atoms with Crippen LogP contribution in [0.1, 0.15) is 32.1 Å². The first-order valence-corrected chi connectivity index (χ1v) is 7.58. The molecule has 1 aliphatic carbocycles. The van der Waals surface area contributed by atoms with E-state index in [0.717, 1.165) is 22.0 Å². The van der Waals surface area contributed by atoms with Crippen molar-refractivity contribution in [1.82, 2.24) is 19.7 Å². The molecule has 1 fully saturated rings. The van der Waals surface area contributed by atoms with E-state index < -0.39 is 0 Å². The summed E-state index contributed by atoms with van der Waals surface area (Å²) in [6.45, 7) is 0. The van der Waals surface area contributed by atoms with E-state index in [1.807, 2.05) is 29.7 Å². The maximum absolute atomic E-state index is 4.40. The maximum atomic E-state index is 4.40. The number of aryl methyl sites for hydroxylation is 1. The molecule has 3 rings (SSSR count). The van der Waals surface area contributed by atoms with Crippen molar-refractivity contribution in [2.75, 3.05) is 5.75 Å². The van der Waals surface area contributed by atoms with Crippen LogP contribution in [-0.2, 0) is 7.05 Å². The number of hydrogen-bond donors (Lipinski definition) is 0. The third-order valence-corrected chi connectivity index (χ3v) is 4.91. The van der Waals surface area contributed by atoms with Crippen LogP contribution in [0.5, 0.6) is 0 Å². The highest BCUT2D eigenvalue weighted by molar-refractivity contribution is 7.99. The lowest BCUT2D eigenvalue weighted by Crippen LogP contribution is -2.08. The number of aromatic nitrogens is 4. The molecule has 2 heterocycles. The second-order valence-electron chi connectivity index (χ2n) is 5.00. The van der Waals surface area contributed by atoms with Crippen LogP contribution >= 0.6 is 11.8 Å². The molecule has 2 aromatic rings. The summed E-state index contributed by atoms with van der Waals surface area (Å²) in [5.74, 6) is 2.05. The van der Waals surface area contributed by atoms with Crippen molar-refractivity contribution >= 4 is 22.8 Å². The van der Waals surface area contributed by atoms with E-state index in [-0.39, 0.29) is 0 Å². The number of thioether (sulfide) groups is 1. The van der Waals surface area contributed by atoms with Crippen LogP contribution in [-0.4, -0.2) is 25.5 Å². The molecule has 0 spiro atoms. The van der Waals surface area contributed by atoms with Gasteiger partial charge >= 0.3 is 0 Å². The molecule has 0 bridgehead atoms. The quantitative estimate of drug-likeness (QED) is 0.630. The fourth-order valence-corrected chi connectivity index (χ4v) is 3.75. The van der Waals surface area contributed by atoms with Crippen molar-refractivity contribution in [2.24, 2.45) is 13.0 Å². The van der Waals surface area contributed by atoms with Crippen LogP contribution < -0.4 is 0 Å². The Labute approximate surface area is 111 Å². The number of nitrogens with zero attached hydrogens (tertiary/aromatic N) is 4. The van der Waals surface area contributed by atoms with Gasteiger partial charge in [-0.1, -0.05) is 19.3 Å². The minimum absolute atomic E-state index is 0.866. The van der Waals surface area contributed by atoms with E-state index in [0.29, 0.717) is 0 Å². The summed E-state index contributed by atoms with van der Waals surface area (Å²) in [4.78, 5) is 8.68. The van der Waals surface area contributed by atoms with E-state index in [1.54, 1.807) is 6.33 Å². The molecule has 1 saturated carbocycles. The molecule has 5 heteroatoms. The monoisotopic (exact) mass is 262 g/mol. The lowest BCUT2D eigenvalue weighted by atomic mass is 9.91. The Balaban J connectivity index is 1.74. The molecule has 2 aromatic heterocycles. The zero-order chi connectivity index (χ0) is 12.4. The Kier molecular flexibility index (Phi) is 3.50. The average Bonchev–Trinajstić information content (AvgIpc) is 2.80. The third-order valence-electron chi connectivity index (χ3n) is 3.67. The summed E-state index contributed by atoms with van der Waals surface area (Å²) in [5, 5.41) is 6.42. The Morgan fingerprint density at radius 1 is 1.28 bits per heavy atom. The van der Waals surface area contributed by atoms with Gasteiger partial charge in [-0.3, -0.25) is 4.68 Å². The molecular weight excluding hydrogens is 244 g/mol. The molecule has 0 aliphatic heterocycles. The van der Waals surface area contributed by atoms with Gasteiger partial charge < -0.3 is 0 Å². The van der Waals surface area contributed by atoms with Gasteiger partial charge in [-0.05, 0) is 18.8 Å². The summed E-state index contributed by atoms with van der Waals surface area (Å²) >= 11 is 1.87. The molecule has 0 radical (unpaired) electrons. The molecule has 0 aromatic carbocycles. The van der Waals surface area contributed by atoms with Gasteiger partial charge in [-0.15, -0.1) is 11.8 Å². The van der Waals surface area contributed by atoms with E-state index in [4.69, 9.17) is 0 Å². The molecule has 4 nitrogen and oxygen atoms in total. The van der Waals surface area contributed by atoms with Crippen molar-refractivity contribution in [3.8, 4) is 0 Å². The van der Waals surface area contributed by atoms with Crippen LogP contribution in [0.4, 0.5) is 0 Å². The van der Waals surface area contributed by atoms with Crippen molar-refractivity contribution in [3.05, 3.63) is 12.5 Å². The highest BCUT2D eigenvalue weighted by atomic mass is 32.2. The molecule has 0 atom stereocenters. The predicted octanol–water partition coefficient (Wildman–Crippen LogP) is 3.04. The zero-order valence-corrected chi connectivity index (χ0v) is 11.5. The van der Waals surface area contributed by atoms with Gasteiger partial charge in [-0.25, -0.2) is 9.97 Å². The summed E-state index contributed by atoms with van der Waals surface area (Å²) in [6.07, 6.45) is 10.5. The fourth-order valence-electron chi connectivity index (χ4n) is 2.61. The lowest BCUT2D eigenvalue weighted by Gasteiger charge is -2.20. The van der Waals surface area contributed by atoms with Gasteiger partial charge in [-0.2, -0.15) is 5.10 Å². The Morgan fingerprint density at radius 3 is 2.94 bits per heavy atom. The summed E-state index contributed by atoms with van der Waals surface area (Å²) in [6, 6.07) is 0. The first-order chi connectivity index (χ1) is 8.84. The van der Waals surface area contributed by atoms with Crippen LogP contribution in [0, 0.1) is 5.92 Å². The molecule has 18 heavy (non-hydrogen) atoms. The van der Waals surface area contributed by atoms with Crippen molar-refractivity contribution in [2.45, 2.75) is 37.1 Å². The van der Waals surface area contributed by atoms with E-state index in [2.05, 4.69) is 15.1 Å². The average molecular weight is 262 g/mol. The van der Waals surface area contributed by atoms with Crippen molar-refractivity contribution < 1.29 is 0 Å². The van der Waals surface area contributed by atoms with Crippen molar-refractivity contribution in [3.63, 3.8) is 0 Å². The predicted molar refractivity (Wildman–Crippen MR) is 73.6 cm³/mol. The first kappa shape index (κ1) is 12.0. The highest BCUT2D eigenvalue weighted by Gasteiger charge is 2.15. The fraction of sp³-hybridized carbons (Fsp3) is 0.615. The molecule has 0 unspecified atom stereocenters. The van der Waals surface area contributed by atoms with Gasteiger partial charge in [0.2, 0.25) is 0 Å². The van der Waals surface area contributed by atoms with Crippen LogP contribution in [0.2, 0.25) is 0 Å². The number of fused-ring (bicyclic) bond motifs is 1. The van der Waals surface area contributed by atoms with Gasteiger partial charge in [0.1, 0.15) is 11.4 Å². The minimum Gasteiger partial charge on any atom is -0.250 e. The highest BCUT2D eigenvalue weighted by Crippen LogP contribution is 2.31. The van der Waals surface area contributed by atoms with Crippen LogP contribution in [0.15, 0.2) is 17.6 Å². The smallest absolute Gasteiger partial charge is 0.162 e. The molecule has 1 aliphatic rings. The summed E-state index contributed by atoms with van der Waals surface area (Å²) in [7, 11) is 1.92. The summed E-state index contributed by atoms with van der Waals surface area (Å²) < 4.78 is 1.81. The van der Waals surface area contributed by atoms with Gasteiger partial charge in [0.05, 0.1) is 11.6 Å². The lowest BCUT2D eigenvalue weighted by molar-refractivity contribution is 0.391. The van der Waals surface area contributed by atoms with Crippen LogP contribution in [0.3, 0.4) is 0 Å². The Hall–Kier alpha value is -1.10.